The SMILES string of the molecule is C=CCC1OC2(CCN(C(=O)OCc3ccccc3)C2)CC1(N=[N+]=[N-])C(=O)OCc1ccccc1. The number of ether oxygens (including phenoxy) is 3. The molecule has 4 rings (SSSR count). The normalized spacial score (nSPS) is 25.1. The van der Waals surface area contributed by atoms with E-state index in [9.17, 15) is 15.1 Å². The molecule has 2 aromatic carbocycles. The largest absolute Gasteiger partial charge is 0.460 e. The molecule has 3 atom stereocenters. The molecule has 9 nitrogen and oxygen atoms in total. The van der Waals surface area contributed by atoms with Crippen LogP contribution in [0.15, 0.2) is 78.4 Å². The van der Waals surface area contributed by atoms with Crippen LogP contribution in [0.25, 0.3) is 10.4 Å². The van der Waals surface area contributed by atoms with Crippen LogP contribution >= 0.6 is 0 Å². The minimum Gasteiger partial charge on any atom is -0.460 e. The van der Waals surface area contributed by atoms with Crippen molar-refractivity contribution in [2.75, 3.05) is 13.1 Å². The topological polar surface area (TPSA) is 114 Å². The standard InChI is InChI=1S/C26H28N4O5/c1-2-9-22-26(28-29-27,23(31)33-16-20-10-5-3-6-11-20)18-25(35-22)14-15-30(19-25)24(32)34-17-21-12-7-4-8-13-21/h2-8,10-13,22H,1,9,14-19H2. The maximum absolute atomic E-state index is 13.3. The quantitative estimate of drug-likeness (QED) is 0.176. The molecule has 0 aliphatic carbocycles. The number of benzene rings is 2. The highest BCUT2D eigenvalue weighted by atomic mass is 16.6. The molecular weight excluding hydrogens is 448 g/mol. The number of nitrogens with zero attached hydrogens (tertiary/aromatic N) is 4. The Morgan fingerprint density at radius 1 is 1.11 bits per heavy atom. The molecule has 3 unspecified atom stereocenters. The molecule has 35 heavy (non-hydrogen) atoms. The first-order valence-corrected chi connectivity index (χ1v) is 11.5. The summed E-state index contributed by atoms with van der Waals surface area (Å²) in [6.07, 6.45) is 1.30. The maximum Gasteiger partial charge on any atom is 0.410 e. The third kappa shape index (κ3) is 5.31. The van der Waals surface area contributed by atoms with Gasteiger partial charge in [0, 0.05) is 17.9 Å². The summed E-state index contributed by atoms with van der Waals surface area (Å²) in [5.74, 6) is -0.645. The molecule has 2 aliphatic rings. The van der Waals surface area contributed by atoms with Crippen LogP contribution in [0.4, 0.5) is 4.79 Å². The minimum absolute atomic E-state index is 0.0497. The maximum atomic E-state index is 13.3. The molecular formula is C26H28N4O5. The summed E-state index contributed by atoms with van der Waals surface area (Å²) in [4.78, 5) is 30.6. The lowest BCUT2D eigenvalue weighted by molar-refractivity contribution is -0.153. The van der Waals surface area contributed by atoms with Gasteiger partial charge in [0.25, 0.3) is 0 Å². The molecule has 2 heterocycles. The lowest BCUT2D eigenvalue weighted by atomic mass is 9.83. The highest BCUT2D eigenvalue weighted by Crippen LogP contribution is 2.48. The fraction of sp³-hybridized carbons (Fsp3) is 0.385. The van der Waals surface area contributed by atoms with Gasteiger partial charge in [-0.15, -0.1) is 6.58 Å². The van der Waals surface area contributed by atoms with Gasteiger partial charge < -0.3 is 19.1 Å². The Hall–Kier alpha value is -3.81. The van der Waals surface area contributed by atoms with E-state index >= 15 is 0 Å². The summed E-state index contributed by atoms with van der Waals surface area (Å²) in [5, 5.41) is 3.93. The molecule has 2 fully saturated rings. The lowest BCUT2D eigenvalue weighted by Crippen LogP contribution is -2.45. The van der Waals surface area contributed by atoms with Crippen molar-refractivity contribution < 1.29 is 23.8 Å². The number of rotatable bonds is 8. The molecule has 0 aromatic heterocycles. The Morgan fingerprint density at radius 3 is 2.34 bits per heavy atom. The highest BCUT2D eigenvalue weighted by Gasteiger charge is 2.62. The van der Waals surface area contributed by atoms with Crippen molar-refractivity contribution in [3.63, 3.8) is 0 Å². The summed E-state index contributed by atoms with van der Waals surface area (Å²) < 4.78 is 17.4. The Labute approximate surface area is 203 Å². The fourth-order valence-corrected chi connectivity index (χ4v) is 4.76. The van der Waals surface area contributed by atoms with E-state index in [1.54, 1.807) is 11.0 Å². The van der Waals surface area contributed by atoms with E-state index < -0.39 is 29.3 Å². The number of carbonyl (C=O) groups excluding carboxylic acids is 2. The first-order valence-electron chi connectivity index (χ1n) is 11.5. The second-order valence-electron chi connectivity index (χ2n) is 8.88. The van der Waals surface area contributed by atoms with Gasteiger partial charge in [0.05, 0.1) is 18.2 Å². The van der Waals surface area contributed by atoms with E-state index in [2.05, 4.69) is 16.6 Å². The predicted molar refractivity (Wildman–Crippen MR) is 128 cm³/mol. The van der Waals surface area contributed by atoms with Crippen LogP contribution in [-0.2, 0) is 32.2 Å². The van der Waals surface area contributed by atoms with E-state index in [0.29, 0.717) is 19.4 Å². The number of hydrogen-bond acceptors (Lipinski definition) is 6. The molecule has 9 heteroatoms. The molecule has 2 aromatic rings. The van der Waals surface area contributed by atoms with Crippen molar-refractivity contribution in [3.05, 3.63) is 94.9 Å². The van der Waals surface area contributed by atoms with Crippen LogP contribution < -0.4 is 0 Å². The molecule has 0 saturated carbocycles. The number of hydrogen-bond donors (Lipinski definition) is 0. The second kappa shape index (κ2) is 10.6. The molecule has 0 N–H and O–H groups in total. The van der Waals surface area contributed by atoms with Crippen molar-refractivity contribution in [2.24, 2.45) is 5.11 Å². The van der Waals surface area contributed by atoms with Gasteiger partial charge in [-0.1, -0.05) is 71.9 Å². The summed E-state index contributed by atoms with van der Waals surface area (Å²) in [6, 6.07) is 18.7. The number of likely N-dealkylation sites (tertiary alicyclic amines) is 1. The first kappa shape index (κ1) is 24.3. The molecule has 1 amide bonds. The number of esters is 1. The molecule has 2 saturated heterocycles. The molecule has 0 bridgehead atoms. The second-order valence-corrected chi connectivity index (χ2v) is 8.88. The average Bonchev–Trinajstić information content (AvgIpc) is 3.43. The summed E-state index contributed by atoms with van der Waals surface area (Å²) in [5.41, 5.74) is 8.65. The molecule has 182 valence electrons. The highest BCUT2D eigenvalue weighted by molar-refractivity contribution is 5.83. The van der Waals surface area contributed by atoms with E-state index in [1.807, 2.05) is 60.7 Å². The summed E-state index contributed by atoms with van der Waals surface area (Å²) in [6.45, 7) is 4.60. The third-order valence-corrected chi connectivity index (χ3v) is 6.47. The Balaban J connectivity index is 1.47. The smallest absolute Gasteiger partial charge is 0.410 e. The first-order chi connectivity index (χ1) is 17.0. The van der Waals surface area contributed by atoms with Gasteiger partial charge in [-0.05, 0) is 29.5 Å². The van der Waals surface area contributed by atoms with Crippen LogP contribution in [0.1, 0.15) is 30.4 Å². The van der Waals surface area contributed by atoms with Gasteiger partial charge in [0.2, 0.25) is 0 Å². The number of amides is 1. The van der Waals surface area contributed by atoms with E-state index in [0.717, 1.165) is 11.1 Å². The Morgan fingerprint density at radius 2 is 1.74 bits per heavy atom. The number of carbonyl (C=O) groups is 2. The zero-order valence-corrected chi connectivity index (χ0v) is 19.4. The van der Waals surface area contributed by atoms with Crippen molar-refractivity contribution in [2.45, 2.75) is 49.7 Å². The van der Waals surface area contributed by atoms with E-state index in [4.69, 9.17) is 14.2 Å². The monoisotopic (exact) mass is 476 g/mol. The number of azide groups is 1. The molecule has 0 radical (unpaired) electrons. The van der Waals surface area contributed by atoms with Crippen molar-refractivity contribution in [1.82, 2.24) is 4.90 Å². The van der Waals surface area contributed by atoms with Gasteiger partial charge in [-0.25, -0.2) is 4.79 Å². The fourth-order valence-electron chi connectivity index (χ4n) is 4.76. The van der Waals surface area contributed by atoms with Gasteiger partial charge in [-0.3, -0.25) is 4.79 Å². The molecule has 1 spiro atoms. The lowest BCUT2D eigenvalue weighted by Gasteiger charge is -2.26. The van der Waals surface area contributed by atoms with Crippen molar-refractivity contribution >= 4 is 12.1 Å². The van der Waals surface area contributed by atoms with Crippen LogP contribution in [0, 0.1) is 0 Å². The summed E-state index contributed by atoms with van der Waals surface area (Å²) >= 11 is 0. The van der Waals surface area contributed by atoms with Crippen molar-refractivity contribution in [1.29, 1.82) is 0 Å². The van der Waals surface area contributed by atoms with E-state index in [1.165, 1.54) is 0 Å². The van der Waals surface area contributed by atoms with Gasteiger partial charge in [0.1, 0.15) is 13.2 Å². The average molecular weight is 477 g/mol. The zero-order chi connectivity index (χ0) is 24.7. The van der Waals surface area contributed by atoms with Crippen LogP contribution in [0.5, 0.6) is 0 Å². The van der Waals surface area contributed by atoms with Crippen LogP contribution in [0.3, 0.4) is 0 Å². The Kier molecular flexibility index (Phi) is 7.39. The van der Waals surface area contributed by atoms with Gasteiger partial charge in [0.15, 0.2) is 5.54 Å². The van der Waals surface area contributed by atoms with Crippen LogP contribution in [-0.4, -0.2) is 47.3 Å². The van der Waals surface area contributed by atoms with Gasteiger partial charge in [-0.2, -0.15) is 0 Å². The minimum atomic E-state index is -1.55. The zero-order valence-electron chi connectivity index (χ0n) is 19.4. The predicted octanol–water partition coefficient (Wildman–Crippen LogP) is 4.93. The van der Waals surface area contributed by atoms with Crippen molar-refractivity contribution in [3.8, 4) is 0 Å². The van der Waals surface area contributed by atoms with Crippen LogP contribution in [0.2, 0.25) is 0 Å². The third-order valence-electron chi connectivity index (χ3n) is 6.47. The molecule has 2 aliphatic heterocycles. The summed E-state index contributed by atoms with van der Waals surface area (Å²) in [7, 11) is 0. The van der Waals surface area contributed by atoms with Gasteiger partial charge >= 0.3 is 12.1 Å². The van der Waals surface area contributed by atoms with E-state index in [-0.39, 0.29) is 26.2 Å². The Bertz CT molecular complexity index is 1110.